The second kappa shape index (κ2) is 7.87. The van der Waals surface area contributed by atoms with Crippen LogP contribution in [0, 0.1) is 0 Å². The molecule has 134 valence electrons. The normalized spacial score (nSPS) is 17.5. The number of likely N-dealkylation sites (tertiary alicyclic amines) is 1. The lowest BCUT2D eigenvalue weighted by Crippen LogP contribution is -2.38. The lowest BCUT2D eigenvalue weighted by atomic mass is 9.99. The van der Waals surface area contributed by atoms with Crippen molar-refractivity contribution in [3.8, 4) is 0 Å². The number of carbonyl (C=O) groups is 2. The maximum atomic E-state index is 12.5. The number of thiophene rings is 1. The maximum absolute atomic E-state index is 12.5. The lowest BCUT2D eigenvalue weighted by molar-refractivity contribution is -0.132. The topological polar surface area (TPSA) is 54.3 Å². The molecule has 0 radical (unpaired) electrons. The molecule has 2 aromatic rings. The average molecular weight is 359 g/mol. The summed E-state index contributed by atoms with van der Waals surface area (Å²) in [5.41, 5.74) is 1.69. The van der Waals surface area contributed by atoms with E-state index in [1.54, 1.807) is 18.3 Å². The number of nitrogens with one attached hydrogen (secondary N) is 1. The summed E-state index contributed by atoms with van der Waals surface area (Å²) < 4.78 is 1.94. The van der Waals surface area contributed by atoms with Gasteiger partial charge in [0.2, 0.25) is 5.91 Å². The number of amides is 2. The van der Waals surface area contributed by atoms with Gasteiger partial charge in [-0.1, -0.05) is 6.07 Å². The number of hydrogen-bond donors (Lipinski definition) is 1. The molecule has 3 heterocycles. The molecule has 1 N–H and O–H groups in total. The molecule has 1 fully saturated rings. The van der Waals surface area contributed by atoms with Gasteiger partial charge in [-0.25, -0.2) is 0 Å². The van der Waals surface area contributed by atoms with E-state index in [0.29, 0.717) is 12.2 Å². The molecule has 1 unspecified atom stereocenters. The van der Waals surface area contributed by atoms with E-state index in [1.807, 2.05) is 40.1 Å². The van der Waals surface area contributed by atoms with Crippen molar-refractivity contribution < 1.29 is 9.59 Å². The first kappa shape index (κ1) is 17.7. The smallest absolute Gasteiger partial charge is 0.267 e. The van der Waals surface area contributed by atoms with Crippen molar-refractivity contribution in [1.29, 1.82) is 0 Å². The highest BCUT2D eigenvalue weighted by atomic mass is 32.1. The van der Waals surface area contributed by atoms with Crippen molar-refractivity contribution >= 4 is 23.2 Å². The largest absolute Gasteiger partial charge is 0.350 e. The molecule has 6 heteroatoms. The highest BCUT2D eigenvalue weighted by Gasteiger charge is 2.28. The summed E-state index contributed by atoms with van der Waals surface area (Å²) in [4.78, 5) is 27.6. The highest BCUT2D eigenvalue weighted by molar-refractivity contribution is 7.09. The molecule has 0 aromatic carbocycles. The number of nitrogens with zero attached hydrogens (tertiary/aromatic N) is 2. The number of carbonyl (C=O) groups excluding carboxylic acids is 2. The minimum Gasteiger partial charge on any atom is -0.350 e. The zero-order chi connectivity index (χ0) is 17.8. The molecule has 2 aromatic heterocycles. The van der Waals surface area contributed by atoms with Crippen LogP contribution >= 0.6 is 11.3 Å². The zero-order valence-electron chi connectivity index (χ0n) is 14.8. The molecule has 1 aliphatic rings. The molecule has 3 rings (SSSR count). The van der Waals surface area contributed by atoms with Gasteiger partial charge in [-0.15, -0.1) is 11.3 Å². The summed E-state index contributed by atoms with van der Waals surface area (Å²) >= 11 is 1.71. The lowest BCUT2D eigenvalue weighted by Gasteiger charge is -2.35. The van der Waals surface area contributed by atoms with Gasteiger partial charge in [0.15, 0.2) is 0 Å². The quantitative estimate of drug-likeness (QED) is 0.892. The maximum Gasteiger partial charge on any atom is 0.267 e. The Bertz CT molecular complexity index is 736. The van der Waals surface area contributed by atoms with E-state index in [2.05, 4.69) is 11.4 Å². The first-order valence-corrected chi connectivity index (χ1v) is 9.69. The van der Waals surface area contributed by atoms with Crippen LogP contribution in [0.5, 0.6) is 0 Å². The Morgan fingerprint density at radius 1 is 1.28 bits per heavy atom. The molecule has 1 atom stereocenters. The zero-order valence-corrected chi connectivity index (χ0v) is 15.6. The summed E-state index contributed by atoms with van der Waals surface area (Å²) in [6.07, 6.45) is 3.97. The van der Waals surface area contributed by atoms with Gasteiger partial charge in [0.25, 0.3) is 5.91 Å². The first-order valence-electron chi connectivity index (χ1n) is 8.81. The molecule has 5 nitrogen and oxygen atoms in total. The van der Waals surface area contributed by atoms with E-state index in [-0.39, 0.29) is 17.9 Å². The standard InChI is InChI=1S/C19H25N3O2S/c1-14(23)22-12-4-3-7-17(22)16-8-9-18(21(16)2)19(24)20-11-10-15-6-5-13-25-15/h5-6,8-9,13,17H,3-4,7,10-12H2,1-2H3,(H,20,24). The fourth-order valence-electron chi connectivity index (χ4n) is 3.55. The van der Waals surface area contributed by atoms with Crippen molar-refractivity contribution in [3.05, 3.63) is 45.9 Å². The minimum absolute atomic E-state index is 0.0597. The third-order valence-electron chi connectivity index (χ3n) is 4.88. The second-order valence-corrected chi connectivity index (χ2v) is 7.54. The van der Waals surface area contributed by atoms with E-state index in [4.69, 9.17) is 0 Å². The van der Waals surface area contributed by atoms with Crippen LogP contribution < -0.4 is 5.32 Å². The van der Waals surface area contributed by atoms with Crippen LogP contribution in [0.4, 0.5) is 0 Å². The fraction of sp³-hybridized carbons (Fsp3) is 0.474. The molecule has 1 saturated heterocycles. The van der Waals surface area contributed by atoms with Crippen molar-refractivity contribution in [1.82, 2.24) is 14.8 Å². The van der Waals surface area contributed by atoms with E-state index >= 15 is 0 Å². The van der Waals surface area contributed by atoms with Gasteiger partial charge in [-0.05, 0) is 49.3 Å². The van der Waals surface area contributed by atoms with Gasteiger partial charge < -0.3 is 14.8 Å². The Kier molecular flexibility index (Phi) is 5.58. The predicted octanol–water partition coefficient (Wildman–Crippen LogP) is 3.13. The van der Waals surface area contributed by atoms with Gasteiger partial charge in [-0.3, -0.25) is 9.59 Å². The highest BCUT2D eigenvalue weighted by Crippen LogP contribution is 2.31. The van der Waals surface area contributed by atoms with E-state index in [0.717, 1.165) is 37.9 Å². The monoisotopic (exact) mass is 359 g/mol. The SMILES string of the molecule is CC(=O)N1CCCCC1c1ccc(C(=O)NCCc2cccs2)n1C. The number of hydrogen-bond acceptors (Lipinski definition) is 3. The van der Waals surface area contributed by atoms with Gasteiger partial charge >= 0.3 is 0 Å². The summed E-state index contributed by atoms with van der Waals surface area (Å²) in [6.45, 7) is 3.05. The minimum atomic E-state index is -0.0597. The van der Waals surface area contributed by atoms with Crippen LogP contribution in [0.1, 0.15) is 53.3 Å². The van der Waals surface area contributed by atoms with E-state index < -0.39 is 0 Å². The van der Waals surface area contributed by atoms with Gasteiger partial charge in [-0.2, -0.15) is 0 Å². The van der Waals surface area contributed by atoms with Gasteiger partial charge in [0.05, 0.1) is 6.04 Å². The molecule has 2 amide bonds. The van der Waals surface area contributed by atoms with Crippen molar-refractivity contribution in [2.45, 2.75) is 38.6 Å². The summed E-state index contributed by atoms with van der Waals surface area (Å²) in [7, 11) is 1.91. The molecule has 0 spiro atoms. The summed E-state index contributed by atoms with van der Waals surface area (Å²) in [6, 6.07) is 8.03. The Morgan fingerprint density at radius 2 is 2.12 bits per heavy atom. The van der Waals surface area contributed by atoms with Crippen molar-refractivity contribution in [2.24, 2.45) is 7.05 Å². The third kappa shape index (κ3) is 3.95. The van der Waals surface area contributed by atoms with Crippen LogP contribution in [0.2, 0.25) is 0 Å². The van der Waals surface area contributed by atoms with Gasteiger partial charge in [0, 0.05) is 37.6 Å². The Balaban J connectivity index is 1.67. The second-order valence-electron chi connectivity index (χ2n) is 6.51. The van der Waals surface area contributed by atoms with Crippen LogP contribution in [0.15, 0.2) is 29.6 Å². The molecule has 1 aliphatic heterocycles. The molecule has 25 heavy (non-hydrogen) atoms. The third-order valence-corrected chi connectivity index (χ3v) is 5.82. The number of rotatable bonds is 5. The van der Waals surface area contributed by atoms with Crippen molar-refractivity contribution in [3.63, 3.8) is 0 Å². The Labute approximate surface area is 152 Å². The predicted molar refractivity (Wildman–Crippen MR) is 99.7 cm³/mol. The molecule has 0 aliphatic carbocycles. The van der Waals surface area contributed by atoms with E-state index in [9.17, 15) is 9.59 Å². The fourth-order valence-corrected chi connectivity index (χ4v) is 4.26. The molecular formula is C19H25N3O2S. The van der Waals surface area contributed by atoms with Crippen LogP contribution in [-0.4, -0.2) is 34.4 Å². The first-order chi connectivity index (χ1) is 12.1. The average Bonchev–Trinajstić information content (AvgIpc) is 3.24. The Morgan fingerprint density at radius 3 is 2.84 bits per heavy atom. The van der Waals surface area contributed by atoms with Crippen LogP contribution in [0.3, 0.4) is 0 Å². The Hall–Kier alpha value is -2.08. The molecule has 0 bridgehead atoms. The summed E-state index contributed by atoms with van der Waals surface area (Å²) in [5.74, 6) is 0.0448. The van der Waals surface area contributed by atoms with Crippen LogP contribution in [0.25, 0.3) is 0 Å². The number of aromatic nitrogens is 1. The van der Waals surface area contributed by atoms with E-state index in [1.165, 1.54) is 4.88 Å². The number of piperidine rings is 1. The van der Waals surface area contributed by atoms with Crippen LogP contribution in [-0.2, 0) is 18.3 Å². The molecule has 0 saturated carbocycles. The summed E-state index contributed by atoms with van der Waals surface area (Å²) in [5, 5.41) is 5.04. The van der Waals surface area contributed by atoms with Gasteiger partial charge in [0.1, 0.15) is 5.69 Å². The van der Waals surface area contributed by atoms with Crippen molar-refractivity contribution in [2.75, 3.05) is 13.1 Å². The molecular weight excluding hydrogens is 334 g/mol.